The van der Waals surface area contributed by atoms with Crippen LogP contribution in [0.3, 0.4) is 0 Å². The number of benzene rings is 3. The first-order chi connectivity index (χ1) is 17.9. The molecule has 4 rings (SSSR count). The molecule has 3 N–H and O–H groups in total. The lowest BCUT2D eigenvalue weighted by molar-refractivity contribution is 0.461. The van der Waals surface area contributed by atoms with E-state index in [0.29, 0.717) is 34.5 Å². The van der Waals surface area contributed by atoms with E-state index in [2.05, 4.69) is 14.8 Å². The van der Waals surface area contributed by atoms with Gasteiger partial charge in [-0.3, -0.25) is 0 Å². The van der Waals surface area contributed by atoms with Gasteiger partial charge >= 0.3 is 0 Å². The third kappa shape index (κ3) is 6.92. The van der Waals surface area contributed by atoms with Crippen LogP contribution in [0.4, 0.5) is 8.78 Å². The number of hydrogen-bond donors (Lipinski definition) is 2. The van der Waals surface area contributed by atoms with Crippen LogP contribution in [0.5, 0.6) is 0 Å². The van der Waals surface area contributed by atoms with Crippen LogP contribution in [0.2, 0.25) is 5.02 Å². The van der Waals surface area contributed by atoms with Gasteiger partial charge in [-0.1, -0.05) is 54.1 Å². The van der Waals surface area contributed by atoms with Gasteiger partial charge < -0.3 is 0 Å². The van der Waals surface area contributed by atoms with Gasteiger partial charge in [-0.15, -0.1) is 0 Å². The van der Waals surface area contributed by atoms with Gasteiger partial charge in [-0.2, -0.15) is 5.10 Å². The number of halogens is 3. The van der Waals surface area contributed by atoms with Gasteiger partial charge in [-0.25, -0.2) is 45.5 Å². The fourth-order valence-electron chi connectivity index (χ4n) is 3.77. The van der Waals surface area contributed by atoms with Crippen molar-refractivity contribution in [3.05, 3.63) is 101 Å². The first-order valence-corrected chi connectivity index (χ1v) is 14.7. The zero-order chi connectivity index (χ0) is 27.5. The number of nitrogens with one attached hydrogen (secondary N) is 1. The summed E-state index contributed by atoms with van der Waals surface area (Å²) in [7, 11) is -8.46. The number of hydrazone groups is 1. The molecule has 1 atom stereocenters. The maximum absolute atomic E-state index is 13.8. The number of nitrogens with zero attached hydrogens (tertiary/aromatic N) is 3. The molecule has 0 saturated heterocycles. The topological polar surface area (TPSA) is 134 Å². The molecule has 1 heterocycles. The van der Waals surface area contributed by atoms with Crippen molar-refractivity contribution < 1.29 is 25.6 Å². The summed E-state index contributed by atoms with van der Waals surface area (Å²) in [6.45, 7) is -0.275. The molecule has 0 fully saturated rings. The SMILES string of the molecule is NS(=O)(=O)CC/N=C(\NS(=O)(=O)c1cc(F)cc(F)c1)N1C[C@H](c2ccccc2)C(c2ccc(Cl)cc2)=N1. The zero-order valence-corrected chi connectivity index (χ0v) is 22.0. The van der Waals surface area contributed by atoms with Gasteiger partial charge in [0.15, 0.2) is 0 Å². The molecule has 14 heteroatoms. The second-order valence-corrected chi connectivity index (χ2v) is 12.2. The Morgan fingerprint density at radius 2 is 1.66 bits per heavy atom. The number of nitrogens with two attached hydrogens (primary N) is 1. The molecule has 200 valence electrons. The third-order valence-corrected chi connectivity index (χ3v) is 7.82. The lowest BCUT2D eigenvalue weighted by atomic mass is 9.91. The summed E-state index contributed by atoms with van der Waals surface area (Å²) in [4.78, 5) is 3.41. The van der Waals surface area contributed by atoms with Crippen LogP contribution in [0.1, 0.15) is 17.0 Å². The predicted molar refractivity (Wildman–Crippen MR) is 141 cm³/mol. The lowest BCUT2D eigenvalue weighted by Gasteiger charge is -2.20. The summed E-state index contributed by atoms with van der Waals surface area (Å²) >= 11 is 6.04. The molecule has 1 aliphatic heterocycles. The van der Waals surface area contributed by atoms with Crippen LogP contribution < -0.4 is 9.86 Å². The van der Waals surface area contributed by atoms with E-state index in [4.69, 9.17) is 16.7 Å². The third-order valence-electron chi connectivity index (χ3n) is 5.51. The summed E-state index contributed by atoms with van der Waals surface area (Å²) in [5.41, 5.74) is 2.16. The first-order valence-electron chi connectivity index (χ1n) is 11.1. The zero-order valence-electron chi connectivity index (χ0n) is 19.6. The maximum Gasteiger partial charge on any atom is 0.264 e. The monoisotopic (exact) mass is 581 g/mol. The minimum Gasteiger partial charge on any atom is -0.250 e. The molecule has 0 bridgehead atoms. The van der Waals surface area contributed by atoms with Gasteiger partial charge in [0.2, 0.25) is 16.0 Å². The smallest absolute Gasteiger partial charge is 0.250 e. The van der Waals surface area contributed by atoms with E-state index in [1.54, 1.807) is 24.3 Å². The quantitative estimate of drug-likeness (QED) is 0.327. The molecule has 0 aromatic heterocycles. The van der Waals surface area contributed by atoms with Crippen molar-refractivity contribution in [2.45, 2.75) is 10.8 Å². The highest BCUT2D eigenvalue weighted by Gasteiger charge is 2.33. The van der Waals surface area contributed by atoms with Crippen LogP contribution in [0.25, 0.3) is 0 Å². The number of rotatable bonds is 7. The Balaban J connectivity index is 1.75. The normalized spacial score (nSPS) is 16.4. The Hall–Kier alpha value is -3.39. The molecule has 1 aliphatic rings. The maximum atomic E-state index is 13.8. The van der Waals surface area contributed by atoms with E-state index in [1.165, 1.54) is 5.01 Å². The van der Waals surface area contributed by atoms with Crippen LogP contribution in [-0.4, -0.2) is 52.4 Å². The number of sulfonamides is 2. The summed E-state index contributed by atoms with van der Waals surface area (Å²) in [5.74, 6) is -3.44. The van der Waals surface area contributed by atoms with E-state index < -0.39 is 48.9 Å². The Bertz CT molecular complexity index is 1580. The Kier molecular flexibility index (Phi) is 8.11. The molecule has 0 unspecified atom stereocenters. The van der Waals surface area contributed by atoms with E-state index in [1.807, 2.05) is 30.3 Å². The van der Waals surface area contributed by atoms with Crippen LogP contribution in [0, 0.1) is 11.6 Å². The minimum absolute atomic E-state index is 0.121. The van der Waals surface area contributed by atoms with Gasteiger partial charge in [0.1, 0.15) is 11.6 Å². The molecular formula is C24H22ClF2N5O4S2. The van der Waals surface area contributed by atoms with Gasteiger partial charge in [0.25, 0.3) is 10.0 Å². The number of guanidine groups is 1. The first kappa shape index (κ1) is 27.6. The predicted octanol–water partition coefficient (Wildman–Crippen LogP) is 3.04. The fourth-order valence-corrected chi connectivity index (χ4v) is 5.31. The highest BCUT2D eigenvalue weighted by molar-refractivity contribution is 7.90. The molecule has 38 heavy (non-hydrogen) atoms. The van der Waals surface area contributed by atoms with Crippen LogP contribution in [0.15, 0.2) is 87.8 Å². The minimum atomic E-state index is -4.55. The van der Waals surface area contributed by atoms with Crippen molar-refractivity contribution >= 4 is 43.3 Å². The van der Waals surface area contributed by atoms with Crippen LogP contribution in [-0.2, 0) is 20.0 Å². The molecule has 0 aliphatic carbocycles. The van der Waals surface area contributed by atoms with Gasteiger partial charge in [-0.05, 0) is 35.4 Å². The van der Waals surface area contributed by atoms with Gasteiger partial charge in [0, 0.05) is 17.0 Å². The molecule has 0 amide bonds. The second-order valence-electron chi connectivity index (χ2n) is 8.32. The van der Waals surface area contributed by atoms with Crippen molar-refractivity contribution in [3.63, 3.8) is 0 Å². The Morgan fingerprint density at radius 3 is 2.26 bits per heavy atom. The van der Waals surface area contributed by atoms with E-state index in [-0.39, 0.29) is 18.4 Å². The van der Waals surface area contributed by atoms with Crippen molar-refractivity contribution in [1.29, 1.82) is 0 Å². The summed E-state index contributed by atoms with van der Waals surface area (Å²) < 4.78 is 78.7. The highest BCUT2D eigenvalue weighted by Crippen LogP contribution is 2.29. The Morgan fingerprint density at radius 1 is 1.03 bits per heavy atom. The van der Waals surface area contributed by atoms with E-state index in [0.717, 1.165) is 5.56 Å². The number of aliphatic imine (C=N–C) groups is 1. The van der Waals surface area contributed by atoms with Crippen molar-refractivity contribution in [3.8, 4) is 0 Å². The molecule has 0 spiro atoms. The lowest BCUT2D eigenvalue weighted by Crippen LogP contribution is -2.41. The van der Waals surface area contributed by atoms with E-state index in [9.17, 15) is 25.6 Å². The van der Waals surface area contributed by atoms with Crippen molar-refractivity contribution in [2.24, 2.45) is 15.2 Å². The van der Waals surface area contributed by atoms with Crippen molar-refractivity contribution in [2.75, 3.05) is 18.8 Å². The number of primary sulfonamides is 1. The second kappa shape index (κ2) is 11.2. The highest BCUT2D eigenvalue weighted by atomic mass is 35.5. The summed E-state index contributed by atoms with van der Waals surface area (Å²) in [5, 5.41) is 11.4. The standard InChI is InChI=1S/C24H22ClF2N5O4S2/c25-18-8-6-17(7-9-18)23-22(16-4-2-1-3-5-16)15-32(30-23)24(29-10-11-37(28,33)34)31-38(35,36)21-13-19(26)12-20(27)14-21/h1-9,12-14,22H,10-11,15H2,(H,29,31)(H2,28,33,34)/t22-/m1/s1. The average molecular weight is 582 g/mol. The summed E-state index contributed by atoms with van der Waals surface area (Å²) in [6, 6.07) is 18.0. The largest absolute Gasteiger partial charge is 0.264 e. The van der Waals surface area contributed by atoms with Crippen molar-refractivity contribution in [1.82, 2.24) is 9.73 Å². The molecule has 3 aromatic rings. The van der Waals surface area contributed by atoms with Crippen LogP contribution >= 0.6 is 11.6 Å². The number of hydrogen-bond acceptors (Lipinski definition) is 6. The molecule has 0 saturated carbocycles. The summed E-state index contributed by atoms with van der Waals surface area (Å²) in [6.07, 6.45) is 0. The average Bonchev–Trinajstić information content (AvgIpc) is 3.28. The fraction of sp³-hybridized carbons (Fsp3) is 0.167. The molecule has 0 radical (unpaired) electrons. The molecule has 9 nitrogen and oxygen atoms in total. The molecule has 3 aromatic carbocycles. The van der Waals surface area contributed by atoms with Gasteiger partial charge in [0.05, 0.1) is 29.4 Å². The van der Waals surface area contributed by atoms with E-state index >= 15 is 0 Å². The Labute approximate surface area is 223 Å². The molecular weight excluding hydrogens is 560 g/mol.